The van der Waals surface area contributed by atoms with E-state index in [1.807, 2.05) is 4.90 Å². The van der Waals surface area contributed by atoms with Gasteiger partial charge in [-0.15, -0.1) is 0 Å². The molecule has 5 nitrogen and oxygen atoms in total. The smallest absolute Gasteiger partial charge is 0.256 e. The maximum Gasteiger partial charge on any atom is 0.256 e. The standard InChI is InChI=1S/C14H20N2O3/c1-18-8-7-16(10-3-4-10)14(17)12-9-11(19-2)5-6-13(12)15/h5-6,9-10H,3-4,7-8,15H2,1-2H3. The number of rotatable bonds is 6. The molecule has 2 rings (SSSR count). The number of nitrogens with zero attached hydrogens (tertiary/aromatic N) is 1. The Hall–Kier alpha value is -1.75. The summed E-state index contributed by atoms with van der Waals surface area (Å²) in [5.41, 5.74) is 6.88. The molecule has 104 valence electrons. The Labute approximate surface area is 113 Å². The van der Waals surface area contributed by atoms with E-state index in [1.54, 1.807) is 32.4 Å². The van der Waals surface area contributed by atoms with Crippen LogP contribution >= 0.6 is 0 Å². The van der Waals surface area contributed by atoms with E-state index in [0.717, 1.165) is 12.8 Å². The van der Waals surface area contributed by atoms with E-state index in [2.05, 4.69) is 0 Å². The third-order valence-electron chi connectivity index (χ3n) is 3.28. The molecule has 2 N–H and O–H groups in total. The lowest BCUT2D eigenvalue weighted by atomic mass is 10.1. The zero-order valence-corrected chi connectivity index (χ0v) is 11.4. The van der Waals surface area contributed by atoms with Crippen LogP contribution in [0.2, 0.25) is 0 Å². The molecule has 0 aliphatic heterocycles. The molecule has 0 heterocycles. The summed E-state index contributed by atoms with van der Waals surface area (Å²) < 4.78 is 10.2. The van der Waals surface area contributed by atoms with E-state index in [1.165, 1.54) is 0 Å². The average Bonchev–Trinajstić information content (AvgIpc) is 3.24. The Kier molecular flexibility index (Phi) is 4.27. The lowest BCUT2D eigenvalue weighted by molar-refractivity contribution is 0.0681. The molecule has 0 bridgehead atoms. The largest absolute Gasteiger partial charge is 0.497 e. The quantitative estimate of drug-likeness (QED) is 0.791. The van der Waals surface area contributed by atoms with E-state index < -0.39 is 0 Å². The van der Waals surface area contributed by atoms with Gasteiger partial charge >= 0.3 is 0 Å². The molecule has 1 aromatic carbocycles. The first kappa shape index (κ1) is 13.7. The van der Waals surface area contributed by atoms with E-state index >= 15 is 0 Å². The van der Waals surface area contributed by atoms with Crippen molar-refractivity contribution in [3.63, 3.8) is 0 Å². The molecule has 0 aromatic heterocycles. The van der Waals surface area contributed by atoms with E-state index in [4.69, 9.17) is 15.2 Å². The van der Waals surface area contributed by atoms with Gasteiger partial charge in [0.2, 0.25) is 0 Å². The van der Waals surface area contributed by atoms with Crippen molar-refractivity contribution in [1.29, 1.82) is 0 Å². The number of nitrogens with two attached hydrogens (primary N) is 1. The van der Waals surface area contributed by atoms with Crippen LogP contribution in [0.15, 0.2) is 18.2 Å². The highest BCUT2D eigenvalue weighted by atomic mass is 16.5. The maximum atomic E-state index is 12.6. The molecule has 0 atom stereocenters. The number of benzene rings is 1. The van der Waals surface area contributed by atoms with Crippen molar-refractivity contribution in [3.05, 3.63) is 23.8 Å². The SMILES string of the molecule is COCCN(C(=O)c1cc(OC)ccc1N)C1CC1. The number of ether oxygens (including phenoxy) is 2. The first-order valence-electron chi connectivity index (χ1n) is 6.40. The minimum atomic E-state index is -0.0454. The van der Waals surface area contributed by atoms with Gasteiger partial charge in [0.15, 0.2) is 0 Å². The van der Waals surface area contributed by atoms with Crippen molar-refractivity contribution in [3.8, 4) is 5.75 Å². The fourth-order valence-electron chi connectivity index (χ4n) is 2.03. The van der Waals surface area contributed by atoms with Gasteiger partial charge in [-0.1, -0.05) is 0 Å². The second kappa shape index (κ2) is 5.93. The number of amides is 1. The number of anilines is 1. The van der Waals surface area contributed by atoms with Gasteiger partial charge in [-0.05, 0) is 31.0 Å². The Balaban J connectivity index is 2.20. The molecule has 0 radical (unpaired) electrons. The number of nitrogen functional groups attached to an aromatic ring is 1. The minimum Gasteiger partial charge on any atom is -0.497 e. The van der Waals surface area contributed by atoms with Gasteiger partial charge in [0.05, 0.1) is 19.3 Å². The third kappa shape index (κ3) is 3.17. The molecule has 5 heteroatoms. The van der Waals surface area contributed by atoms with Gasteiger partial charge in [-0.2, -0.15) is 0 Å². The highest BCUT2D eigenvalue weighted by molar-refractivity contribution is 5.99. The number of hydrogen-bond donors (Lipinski definition) is 1. The monoisotopic (exact) mass is 264 g/mol. The van der Waals surface area contributed by atoms with Gasteiger partial charge in [0.25, 0.3) is 5.91 Å². The molecule has 1 amide bonds. The highest BCUT2D eigenvalue weighted by Crippen LogP contribution is 2.30. The molecule has 1 saturated carbocycles. The van der Waals surface area contributed by atoms with Crippen molar-refractivity contribution in [1.82, 2.24) is 4.90 Å². The molecule has 1 fully saturated rings. The number of methoxy groups -OCH3 is 2. The Morgan fingerprint density at radius 3 is 2.74 bits per heavy atom. The summed E-state index contributed by atoms with van der Waals surface area (Å²) in [7, 11) is 3.21. The predicted octanol–water partition coefficient (Wildman–Crippen LogP) is 1.53. The van der Waals surface area contributed by atoms with Crippen LogP contribution in [0.1, 0.15) is 23.2 Å². The minimum absolute atomic E-state index is 0.0454. The van der Waals surface area contributed by atoms with Crippen LogP contribution in [0.25, 0.3) is 0 Å². The van der Waals surface area contributed by atoms with E-state index in [-0.39, 0.29) is 5.91 Å². The molecular weight excluding hydrogens is 244 g/mol. The zero-order chi connectivity index (χ0) is 13.8. The second-order valence-corrected chi connectivity index (χ2v) is 4.68. The molecule has 0 saturated heterocycles. The molecule has 1 aliphatic carbocycles. The summed E-state index contributed by atoms with van der Waals surface area (Å²) in [4.78, 5) is 14.4. The molecule has 19 heavy (non-hydrogen) atoms. The summed E-state index contributed by atoms with van der Waals surface area (Å²) in [5, 5.41) is 0. The third-order valence-corrected chi connectivity index (χ3v) is 3.28. The van der Waals surface area contributed by atoms with E-state index in [0.29, 0.717) is 36.2 Å². The van der Waals surface area contributed by atoms with Crippen molar-refractivity contribution < 1.29 is 14.3 Å². The topological polar surface area (TPSA) is 64.8 Å². The summed E-state index contributed by atoms with van der Waals surface area (Å²) >= 11 is 0. The molecule has 0 spiro atoms. The van der Waals surface area contributed by atoms with Crippen LogP contribution < -0.4 is 10.5 Å². The summed E-state index contributed by atoms with van der Waals surface area (Å²) in [6.45, 7) is 1.13. The molecule has 1 aromatic rings. The Bertz CT molecular complexity index is 458. The van der Waals surface area contributed by atoms with Crippen LogP contribution in [0.3, 0.4) is 0 Å². The molecular formula is C14H20N2O3. The van der Waals surface area contributed by atoms with Crippen molar-refractivity contribution in [2.45, 2.75) is 18.9 Å². The van der Waals surface area contributed by atoms with Gasteiger partial charge in [-0.25, -0.2) is 0 Å². The maximum absolute atomic E-state index is 12.6. The van der Waals surface area contributed by atoms with Gasteiger partial charge in [-0.3, -0.25) is 4.79 Å². The second-order valence-electron chi connectivity index (χ2n) is 4.68. The van der Waals surface area contributed by atoms with Gasteiger partial charge in [0.1, 0.15) is 5.75 Å². The van der Waals surface area contributed by atoms with Gasteiger partial charge < -0.3 is 20.1 Å². The number of carbonyl (C=O) groups is 1. The van der Waals surface area contributed by atoms with Crippen LogP contribution in [-0.2, 0) is 4.74 Å². The normalized spacial score (nSPS) is 14.2. The van der Waals surface area contributed by atoms with Crippen LogP contribution in [-0.4, -0.2) is 44.2 Å². The number of hydrogen-bond acceptors (Lipinski definition) is 4. The first-order valence-corrected chi connectivity index (χ1v) is 6.40. The van der Waals surface area contributed by atoms with Gasteiger partial charge in [0, 0.05) is 25.4 Å². The Morgan fingerprint density at radius 1 is 1.42 bits per heavy atom. The highest BCUT2D eigenvalue weighted by Gasteiger charge is 2.33. The first-order chi connectivity index (χ1) is 9.17. The molecule has 0 unspecified atom stereocenters. The fourth-order valence-corrected chi connectivity index (χ4v) is 2.03. The van der Waals surface area contributed by atoms with Crippen LogP contribution in [0, 0.1) is 0 Å². The van der Waals surface area contributed by atoms with Crippen molar-refractivity contribution >= 4 is 11.6 Å². The zero-order valence-electron chi connectivity index (χ0n) is 11.4. The van der Waals surface area contributed by atoms with Crippen molar-refractivity contribution in [2.75, 3.05) is 33.1 Å². The number of carbonyl (C=O) groups excluding carboxylic acids is 1. The van der Waals surface area contributed by atoms with Crippen molar-refractivity contribution in [2.24, 2.45) is 0 Å². The predicted molar refractivity (Wildman–Crippen MR) is 73.3 cm³/mol. The summed E-state index contributed by atoms with van der Waals surface area (Å²) in [5.74, 6) is 0.594. The van der Waals surface area contributed by atoms with Crippen LogP contribution in [0.5, 0.6) is 5.75 Å². The lowest BCUT2D eigenvalue weighted by Crippen LogP contribution is -2.36. The fraction of sp³-hybridized carbons (Fsp3) is 0.500. The Morgan fingerprint density at radius 2 is 2.16 bits per heavy atom. The summed E-state index contributed by atoms with van der Waals surface area (Å²) in [6, 6.07) is 5.48. The van der Waals surface area contributed by atoms with Crippen LogP contribution in [0.4, 0.5) is 5.69 Å². The molecule has 1 aliphatic rings. The van der Waals surface area contributed by atoms with E-state index in [9.17, 15) is 4.79 Å². The lowest BCUT2D eigenvalue weighted by Gasteiger charge is -2.23. The summed E-state index contributed by atoms with van der Waals surface area (Å²) in [6.07, 6.45) is 2.11. The average molecular weight is 264 g/mol.